The standard InChI is InChI=1S/C18H27F3N6O2.HI/c1-17(2,3)29-16(28)27-11-9-26(10-12-27)15(22)25-8-7-24-14-13(18(19,20)21)5-4-6-23-14;/h4-6H,7-12H2,1-3H3,(H2,22,25)(H,23,24);1H. The molecule has 0 aliphatic carbocycles. The molecule has 1 aromatic heterocycles. The summed E-state index contributed by atoms with van der Waals surface area (Å²) in [6, 6.07) is 2.21. The molecule has 2 heterocycles. The Bertz CT molecular complexity index is 731. The lowest BCUT2D eigenvalue weighted by atomic mass is 10.2. The second-order valence-corrected chi connectivity index (χ2v) is 7.52. The number of aliphatic imine (C=N–C) groups is 1. The number of nitrogens with one attached hydrogen (secondary N) is 1. The van der Waals surface area contributed by atoms with E-state index >= 15 is 0 Å². The Morgan fingerprint density at radius 2 is 1.83 bits per heavy atom. The quantitative estimate of drug-likeness (QED) is 0.262. The zero-order valence-electron chi connectivity index (χ0n) is 17.2. The lowest BCUT2D eigenvalue weighted by Crippen LogP contribution is -2.53. The number of halogens is 4. The third-order valence-corrected chi connectivity index (χ3v) is 4.05. The van der Waals surface area contributed by atoms with Gasteiger partial charge >= 0.3 is 12.3 Å². The maximum Gasteiger partial charge on any atom is 0.419 e. The molecule has 0 radical (unpaired) electrons. The Labute approximate surface area is 191 Å². The van der Waals surface area contributed by atoms with Crippen LogP contribution in [-0.4, -0.2) is 71.7 Å². The summed E-state index contributed by atoms with van der Waals surface area (Å²) in [6.07, 6.45) is -3.56. The van der Waals surface area contributed by atoms with Crippen LogP contribution in [-0.2, 0) is 10.9 Å². The number of anilines is 1. The summed E-state index contributed by atoms with van der Waals surface area (Å²) in [5.74, 6) is 0.0486. The number of carbonyl (C=O) groups is 1. The first-order valence-electron chi connectivity index (χ1n) is 9.26. The van der Waals surface area contributed by atoms with Crippen LogP contribution in [0.5, 0.6) is 0 Å². The molecule has 0 unspecified atom stereocenters. The van der Waals surface area contributed by atoms with E-state index in [0.717, 1.165) is 6.07 Å². The normalized spacial score (nSPS) is 15.5. The summed E-state index contributed by atoms with van der Waals surface area (Å²) >= 11 is 0. The summed E-state index contributed by atoms with van der Waals surface area (Å²) in [7, 11) is 0. The highest BCUT2D eigenvalue weighted by atomic mass is 127. The van der Waals surface area contributed by atoms with Crippen LogP contribution in [0.25, 0.3) is 0 Å². The number of nitrogens with two attached hydrogens (primary N) is 1. The van der Waals surface area contributed by atoms with Crippen LogP contribution < -0.4 is 11.1 Å². The van der Waals surface area contributed by atoms with Gasteiger partial charge in [-0.3, -0.25) is 4.99 Å². The predicted molar refractivity (Wildman–Crippen MR) is 119 cm³/mol. The number of amides is 1. The number of hydrogen-bond donors (Lipinski definition) is 2. The fraction of sp³-hybridized carbons (Fsp3) is 0.611. The first-order valence-corrected chi connectivity index (χ1v) is 9.26. The van der Waals surface area contributed by atoms with E-state index in [0.29, 0.717) is 26.2 Å². The van der Waals surface area contributed by atoms with Crippen molar-refractivity contribution in [3.8, 4) is 0 Å². The molecular formula is C18H28F3IN6O2. The van der Waals surface area contributed by atoms with Gasteiger partial charge in [0.05, 0.1) is 12.1 Å². The largest absolute Gasteiger partial charge is 0.444 e. The number of guanidine groups is 1. The van der Waals surface area contributed by atoms with Gasteiger partial charge in [-0.15, -0.1) is 24.0 Å². The Kier molecular flexibility index (Phi) is 9.43. The highest BCUT2D eigenvalue weighted by molar-refractivity contribution is 14.0. The van der Waals surface area contributed by atoms with Crippen molar-refractivity contribution < 1.29 is 22.7 Å². The third-order valence-electron chi connectivity index (χ3n) is 4.05. The molecule has 3 N–H and O–H groups in total. The summed E-state index contributed by atoms with van der Waals surface area (Å²) in [6.45, 7) is 7.66. The molecule has 0 saturated carbocycles. The number of carbonyl (C=O) groups excluding carboxylic acids is 1. The molecule has 170 valence electrons. The van der Waals surface area contributed by atoms with Crippen LogP contribution in [0.3, 0.4) is 0 Å². The molecule has 1 saturated heterocycles. The van der Waals surface area contributed by atoms with E-state index in [1.807, 2.05) is 25.7 Å². The molecule has 0 bridgehead atoms. The van der Waals surface area contributed by atoms with Crippen molar-refractivity contribution in [2.75, 3.05) is 44.6 Å². The minimum atomic E-state index is -4.48. The van der Waals surface area contributed by atoms with Gasteiger partial charge in [-0.2, -0.15) is 13.2 Å². The van der Waals surface area contributed by atoms with E-state index in [2.05, 4.69) is 15.3 Å². The SMILES string of the molecule is CC(C)(C)OC(=O)N1CCN(C(N)=NCCNc2ncccc2C(F)(F)F)CC1.I. The van der Waals surface area contributed by atoms with Crippen LogP contribution in [0.15, 0.2) is 23.3 Å². The number of piperazine rings is 1. The molecule has 1 aliphatic heterocycles. The van der Waals surface area contributed by atoms with E-state index in [9.17, 15) is 18.0 Å². The highest BCUT2D eigenvalue weighted by Crippen LogP contribution is 2.33. The van der Waals surface area contributed by atoms with Crippen molar-refractivity contribution in [1.29, 1.82) is 0 Å². The number of aromatic nitrogens is 1. The van der Waals surface area contributed by atoms with Crippen molar-refractivity contribution in [1.82, 2.24) is 14.8 Å². The minimum absolute atomic E-state index is 0. The molecule has 8 nitrogen and oxygen atoms in total. The molecule has 0 atom stereocenters. The predicted octanol–water partition coefficient (Wildman–Crippen LogP) is 3.00. The first-order chi connectivity index (χ1) is 13.5. The molecular weight excluding hydrogens is 516 g/mol. The molecule has 1 amide bonds. The second kappa shape index (κ2) is 10.9. The van der Waals surface area contributed by atoms with Crippen molar-refractivity contribution in [3.05, 3.63) is 23.9 Å². The Morgan fingerprint density at radius 1 is 1.23 bits per heavy atom. The van der Waals surface area contributed by atoms with Gasteiger partial charge < -0.3 is 25.6 Å². The van der Waals surface area contributed by atoms with E-state index < -0.39 is 17.3 Å². The van der Waals surface area contributed by atoms with Crippen molar-refractivity contribution >= 4 is 41.8 Å². The average molecular weight is 544 g/mol. The van der Waals surface area contributed by atoms with Gasteiger partial charge in [0.25, 0.3) is 0 Å². The molecule has 12 heteroatoms. The number of ether oxygens (including phenoxy) is 1. The maximum atomic E-state index is 12.9. The zero-order chi connectivity index (χ0) is 21.7. The van der Waals surface area contributed by atoms with Gasteiger partial charge in [0.1, 0.15) is 11.4 Å². The molecule has 0 aromatic carbocycles. The maximum absolute atomic E-state index is 12.9. The van der Waals surface area contributed by atoms with E-state index in [4.69, 9.17) is 10.5 Å². The zero-order valence-corrected chi connectivity index (χ0v) is 19.5. The summed E-state index contributed by atoms with van der Waals surface area (Å²) in [5.41, 5.74) is 4.59. The lowest BCUT2D eigenvalue weighted by Gasteiger charge is -2.36. The van der Waals surface area contributed by atoms with Gasteiger partial charge in [-0.1, -0.05) is 0 Å². The topological polar surface area (TPSA) is 96.1 Å². The fourth-order valence-corrected chi connectivity index (χ4v) is 2.66. The minimum Gasteiger partial charge on any atom is -0.444 e. The molecule has 0 spiro atoms. The Balaban J connectivity index is 0.00000450. The molecule has 2 rings (SSSR count). The van der Waals surface area contributed by atoms with Gasteiger partial charge in [-0.05, 0) is 32.9 Å². The lowest BCUT2D eigenvalue weighted by molar-refractivity contribution is -0.137. The van der Waals surface area contributed by atoms with Crippen LogP contribution in [0.1, 0.15) is 26.3 Å². The average Bonchev–Trinajstić information content (AvgIpc) is 2.63. The molecule has 1 aromatic rings. The first kappa shape index (κ1) is 26.0. The van der Waals surface area contributed by atoms with Gasteiger partial charge in [-0.25, -0.2) is 9.78 Å². The number of hydrogen-bond acceptors (Lipinski definition) is 5. The summed E-state index contributed by atoms with van der Waals surface area (Å²) in [4.78, 5) is 23.4. The van der Waals surface area contributed by atoms with Crippen LogP contribution in [0.2, 0.25) is 0 Å². The second-order valence-electron chi connectivity index (χ2n) is 7.52. The van der Waals surface area contributed by atoms with Gasteiger partial charge in [0.15, 0.2) is 5.96 Å². The molecule has 1 fully saturated rings. The van der Waals surface area contributed by atoms with Crippen molar-refractivity contribution in [2.45, 2.75) is 32.5 Å². The van der Waals surface area contributed by atoms with Crippen LogP contribution in [0.4, 0.5) is 23.8 Å². The van der Waals surface area contributed by atoms with Crippen LogP contribution >= 0.6 is 24.0 Å². The van der Waals surface area contributed by atoms with E-state index in [-0.39, 0.29) is 54.9 Å². The van der Waals surface area contributed by atoms with Crippen molar-refractivity contribution in [3.63, 3.8) is 0 Å². The fourth-order valence-electron chi connectivity index (χ4n) is 2.66. The van der Waals surface area contributed by atoms with Crippen LogP contribution in [0, 0.1) is 0 Å². The number of rotatable bonds is 4. The van der Waals surface area contributed by atoms with Gasteiger partial charge in [0.2, 0.25) is 0 Å². The number of alkyl halides is 3. The Morgan fingerprint density at radius 3 is 2.40 bits per heavy atom. The number of pyridine rings is 1. The van der Waals surface area contributed by atoms with Crippen molar-refractivity contribution in [2.24, 2.45) is 10.7 Å². The third kappa shape index (κ3) is 8.03. The molecule has 30 heavy (non-hydrogen) atoms. The van der Waals surface area contributed by atoms with E-state index in [1.165, 1.54) is 12.3 Å². The highest BCUT2D eigenvalue weighted by Gasteiger charge is 2.34. The molecule has 1 aliphatic rings. The number of nitrogens with zero attached hydrogens (tertiary/aromatic N) is 4. The summed E-state index contributed by atoms with van der Waals surface area (Å²) < 4.78 is 44.2. The van der Waals surface area contributed by atoms with E-state index in [1.54, 1.807) is 4.90 Å². The van der Waals surface area contributed by atoms with Gasteiger partial charge in [0, 0.05) is 38.9 Å². The Hall–Kier alpha value is -1.99. The monoisotopic (exact) mass is 544 g/mol. The summed E-state index contributed by atoms with van der Waals surface area (Å²) in [5, 5.41) is 2.64. The smallest absolute Gasteiger partial charge is 0.419 e.